The lowest BCUT2D eigenvalue weighted by Crippen LogP contribution is -2.58. The van der Waals surface area contributed by atoms with E-state index in [1.165, 1.54) is 57.9 Å². The summed E-state index contributed by atoms with van der Waals surface area (Å²) >= 11 is 0. The fourth-order valence-corrected chi connectivity index (χ4v) is 6.17. The van der Waals surface area contributed by atoms with Crippen LogP contribution in [-0.4, -0.2) is 12.1 Å². The molecule has 102 valence electrons. The van der Waals surface area contributed by atoms with Crippen molar-refractivity contribution in [1.29, 1.82) is 0 Å². The topological polar surface area (TPSA) is 12.0 Å². The lowest BCUT2D eigenvalue weighted by molar-refractivity contribution is -0.0199. The van der Waals surface area contributed by atoms with Gasteiger partial charge in [0, 0.05) is 5.54 Å². The fraction of sp³-hybridized carbons (Fsp3) is 1.00. The van der Waals surface area contributed by atoms with Gasteiger partial charge in [-0.2, -0.15) is 0 Å². The van der Waals surface area contributed by atoms with Crippen molar-refractivity contribution < 1.29 is 0 Å². The van der Waals surface area contributed by atoms with Crippen LogP contribution in [0, 0.1) is 23.7 Å². The first-order chi connectivity index (χ1) is 8.81. The summed E-state index contributed by atoms with van der Waals surface area (Å²) < 4.78 is 0. The molecule has 1 heteroatoms. The predicted octanol–water partition coefficient (Wildman–Crippen LogP) is 4.13. The zero-order valence-corrected chi connectivity index (χ0v) is 11.8. The maximum atomic E-state index is 4.05. The molecule has 5 aliphatic carbocycles. The SMILES string of the molecule is C1CCC(CCNC23CC4CC(CC(C4)C2)C3)C1. The van der Waals surface area contributed by atoms with Gasteiger partial charge >= 0.3 is 0 Å². The van der Waals surface area contributed by atoms with Gasteiger partial charge in [-0.3, -0.25) is 0 Å². The van der Waals surface area contributed by atoms with E-state index in [2.05, 4.69) is 5.32 Å². The third-order valence-electron chi connectivity index (χ3n) is 6.57. The average molecular weight is 247 g/mol. The summed E-state index contributed by atoms with van der Waals surface area (Å²) in [6, 6.07) is 0. The molecule has 5 fully saturated rings. The monoisotopic (exact) mass is 247 g/mol. The van der Waals surface area contributed by atoms with Crippen molar-refractivity contribution in [3.8, 4) is 0 Å². The van der Waals surface area contributed by atoms with Crippen LogP contribution in [0.4, 0.5) is 0 Å². The van der Waals surface area contributed by atoms with E-state index in [-0.39, 0.29) is 0 Å². The third kappa shape index (κ3) is 2.13. The molecule has 4 bridgehead atoms. The Morgan fingerprint density at radius 1 is 0.833 bits per heavy atom. The molecule has 5 saturated carbocycles. The van der Waals surface area contributed by atoms with E-state index in [0.29, 0.717) is 5.54 Å². The minimum atomic E-state index is 0.605. The van der Waals surface area contributed by atoms with E-state index >= 15 is 0 Å². The van der Waals surface area contributed by atoms with Crippen LogP contribution in [0.2, 0.25) is 0 Å². The van der Waals surface area contributed by atoms with E-state index in [9.17, 15) is 0 Å². The van der Waals surface area contributed by atoms with Crippen LogP contribution >= 0.6 is 0 Å². The van der Waals surface area contributed by atoms with Crippen LogP contribution < -0.4 is 5.32 Å². The number of nitrogens with one attached hydrogen (secondary N) is 1. The first-order valence-corrected chi connectivity index (χ1v) is 8.56. The maximum absolute atomic E-state index is 4.05. The second-order valence-corrected chi connectivity index (χ2v) is 8.06. The standard InChI is InChI=1S/C17H29N/c1-2-4-13(3-1)5-6-18-17-10-14-7-15(11-17)9-16(8-14)12-17/h13-16,18H,1-12H2. The van der Waals surface area contributed by atoms with Gasteiger partial charge in [0.2, 0.25) is 0 Å². The summed E-state index contributed by atoms with van der Waals surface area (Å²) in [6.45, 7) is 1.32. The van der Waals surface area contributed by atoms with Crippen LogP contribution in [0.15, 0.2) is 0 Å². The van der Waals surface area contributed by atoms with Gasteiger partial charge in [0.15, 0.2) is 0 Å². The second-order valence-electron chi connectivity index (χ2n) is 8.06. The normalized spacial score (nSPS) is 47.0. The zero-order chi connectivity index (χ0) is 12.0. The molecule has 0 atom stereocenters. The molecule has 1 nitrogen and oxygen atoms in total. The number of rotatable bonds is 4. The number of hydrogen-bond acceptors (Lipinski definition) is 1. The number of hydrogen-bond donors (Lipinski definition) is 1. The summed E-state index contributed by atoms with van der Waals surface area (Å²) in [7, 11) is 0. The molecule has 5 rings (SSSR count). The van der Waals surface area contributed by atoms with Crippen LogP contribution in [-0.2, 0) is 0 Å². The van der Waals surface area contributed by atoms with Crippen LogP contribution in [0.5, 0.6) is 0 Å². The fourth-order valence-electron chi connectivity index (χ4n) is 6.17. The first kappa shape index (κ1) is 11.8. The Balaban J connectivity index is 1.33. The van der Waals surface area contributed by atoms with Gasteiger partial charge in [0.05, 0.1) is 0 Å². The average Bonchev–Trinajstić information content (AvgIpc) is 2.79. The predicted molar refractivity (Wildman–Crippen MR) is 75.5 cm³/mol. The second kappa shape index (κ2) is 4.51. The molecule has 18 heavy (non-hydrogen) atoms. The van der Waals surface area contributed by atoms with Gasteiger partial charge in [0.1, 0.15) is 0 Å². The highest BCUT2D eigenvalue weighted by Crippen LogP contribution is 2.55. The molecule has 0 spiro atoms. The first-order valence-electron chi connectivity index (χ1n) is 8.56. The molecule has 5 aliphatic rings. The summed E-state index contributed by atoms with van der Waals surface area (Å²) in [5.74, 6) is 4.34. The van der Waals surface area contributed by atoms with Crippen molar-refractivity contribution in [2.75, 3.05) is 6.54 Å². The van der Waals surface area contributed by atoms with Crippen LogP contribution in [0.25, 0.3) is 0 Å². The molecule has 0 radical (unpaired) electrons. The maximum Gasteiger partial charge on any atom is 0.0189 e. The van der Waals surface area contributed by atoms with Gasteiger partial charge < -0.3 is 5.32 Å². The summed E-state index contributed by atoms with van der Waals surface area (Å²) in [4.78, 5) is 0. The van der Waals surface area contributed by atoms with E-state index in [1.54, 1.807) is 19.3 Å². The Morgan fingerprint density at radius 3 is 1.94 bits per heavy atom. The van der Waals surface area contributed by atoms with E-state index in [0.717, 1.165) is 23.7 Å². The molecule has 1 N–H and O–H groups in total. The summed E-state index contributed by atoms with van der Waals surface area (Å²) in [5.41, 5.74) is 0.605. The smallest absolute Gasteiger partial charge is 0.0189 e. The molecule has 0 heterocycles. The largest absolute Gasteiger partial charge is 0.311 e. The van der Waals surface area contributed by atoms with Gasteiger partial charge in [-0.1, -0.05) is 25.7 Å². The molecule has 0 amide bonds. The van der Waals surface area contributed by atoms with Gasteiger partial charge in [-0.15, -0.1) is 0 Å². The minimum absolute atomic E-state index is 0.605. The van der Waals surface area contributed by atoms with Gasteiger partial charge in [-0.25, -0.2) is 0 Å². The molecule has 0 aromatic heterocycles. The third-order valence-corrected chi connectivity index (χ3v) is 6.57. The highest BCUT2D eigenvalue weighted by Gasteiger charge is 2.50. The van der Waals surface area contributed by atoms with E-state index in [4.69, 9.17) is 0 Å². The Bertz CT molecular complexity index is 267. The highest BCUT2D eigenvalue weighted by molar-refractivity contribution is 5.06. The van der Waals surface area contributed by atoms with Crippen LogP contribution in [0.3, 0.4) is 0 Å². The van der Waals surface area contributed by atoms with E-state index < -0.39 is 0 Å². The summed E-state index contributed by atoms with van der Waals surface area (Å²) in [5, 5.41) is 4.05. The van der Waals surface area contributed by atoms with Crippen molar-refractivity contribution in [2.24, 2.45) is 23.7 Å². The van der Waals surface area contributed by atoms with Crippen molar-refractivity contribution in [3.63, 3.8) is 0 Å². The molecule has 0 aliphatic heterocycles. The van der Waals surface area contributed by atoms with Crippen LogP contribution in [0.1, 0.15) is 70.6 Å². The summed E-state index contributed by atoms with van der Waals surface area (Å²) in [6.07, 6.45) is 16.8. The molecule has 0 saturated heterocycles. The quantitative estimate of drug-likeness (QED) is 0.788. The Hall–Kier alpha value is -0.0400. The molecular formula is C17H29N. The molecular weight excluding hydrogens is 218 g/mol. The van der Waals surface area contributed by atoms with Crippen molar-refractivity contribution in [1.82, 2.24) is 5.32 Å². The van der Waals surface area contributed by atoms with Gasteiger partial charge in [-0.05, 0) is 75.2 Å². The van der Waals surface area contributed by atoms with E-state index in [1.807, 2.05) is 0 Å². The Labute approximate surface area is 112 Å². The lowest BCUT2D eigenvalue weighted by atomic mass is 9.53. The Kier molecular flexibility index (Phi) is 2.94. The minimum Gasteiger partial charge on any atom is -0.311 e. The lowest BCUT2D eigenvalue weighted by Gasteiger charge is -2.57. The zero-order valence-electron chi connectivity index (χ0n) is 11.8. The van der Waals surface area contributed by atoms with Crippen molar-refractivity contribution >= 4 is 0 Å². The van der Waals surface area contributed by atoms with Crippen molar-refractivity contribution in [2.45, 2.75) is 76.2 Å². The highest BCUT2D eigenvalue weighted by atomic mass is 15.0. The van der Waals surface area contributed by atoms with Crippen molar-refractivity contribution in [3.05, 3.63) is 0 Å². The van der Waals surface area contributed by atoms with Gasteiger partial charge in [0.25, 0.3) is 0 Å². The Morgan fingerprint density at radius 2 is 1.39 bits per heavy atom. The molecule has 0 unspecified atom stereocenters. The molecule has 0 aromatic carbocycles. The molecule has 0 aromatic rings.